The lowest BCUT2D eigenvalue weighted by molar-refractivity contribution is -0.156. The number of quaternary nitrogens is 1. The highest BCUT2D eigenvalue weighted by molar-refractivity contribution is 6.38. The first-order valence-corrected chi connectivity index (χ1v) is 11.0. The maximum absolute atomic E-state index is 13.3. The molecular weight excluding hydrogens is 438 g/mol. The Bertz CT molecular complexity index is 1090. The molecule has 1 saturated heterocycles. The van der Waals surface area contributed by atoms with Crippen LogP contribution in [-0.2, 0) is 14.4 Å². The fraction of sp³-hybridized carbons (Fsp3) is 0.292. The van der Waals surface area contributed by atoms with Gasteiger partial charge in [-0.1, -0.05) is 30.3 Å². The van der Waals surface area contributed by atoms with E-state index in [1.54, 1.807) is 48.5 Å². The van der Waals surface area contributed by atoms with E-state index in [9.17, 15) is 19.2 Å². The first-order chi connectivity index (χ1) is 16.2. The topological polar surface area (TPSA) is 154 Å². The number of carboxylic acids is 1. The zero-order valence-corrected chi connectivity index (χ0v) is 18.7. The van der Waals surface area contributed by atoms with Crippen LogP contribution in [-0.4, -0.2) is 72.3 Å². The van der Waals surface area contributed by atoms with Crippen molar-refractivity contribution in [2.24, 2.45) is 5.73 Å². The second-order valence-electron chi connectivity index (χ2n) is 8.09. The molecule has 3 rings (SSSR count). The monoisotopic (exact) mass is 466 g/mol. The molecule has 34 heavy (non-hydrogen) atoms. The van der Waals surface area contributed by atoms with Crippen molar-refractivity contribution in [3.8, 4) is 0 Å². The molecule has 2 aromatic carbocycles. The fourth-order valence-corrected chi connectivity index (χ4v) is 4.01. The number of carboxylic acid groups (broad SMARTS) is 1. The van der Waals surface area contributed by atoms with Crippen LogP contribution in [0.25, 0.3) is 0 Å². The number of hydrogen-bond acceptors (Lipinski definition) is 5. The zero-order valence-electron chi connectivity index (χ0n) is 18.7. The van der Waals surface area contributed by atoms with E-state index in [0.29, 0.717) is 42.9 Å². The van der Waals surface area contributed by atoms with Crippen LogP contribution in [0.5, 0.6) is 0 Å². The molecule has 10 nitrogen and oxygen atoms in total. The predicted octanol–water partition coefficient (Wildman–Crippen LogP) is 0.942. The van der Waals surface area contributed by atoms with Crippen LogP contribution in [0.15, 0.2) is 54.6 Å². The Morgan fingerprint density at radius 3 is 2.32 bits per heavy atom. The molecule has 1 aliphatic rings. The summed E-state index contributed by atoms with van der Waals surface area (Å²) in [4.78, 5) is 50.7. The van der Waals surface area contributed by atoms with Crippen LogP contribution in [0.1, 0.15) is 28.8 Å². The van der Waals surface area contributed by atoms with E-state index in [2.05, 4.69) is 5.32 Å². The Morgan fingerprint density at radius 1 is 1.06 bits per heavy atom. The number of nitrogen functional groups attached to an aromatic ring is 1. The van der Waals surface area contributed by atoms with E-state index < -0.39 is 17.8 Å². The van der Waals surface area contributed by atoms with Gasteiger partial charge in [-0.25, -0.2) is 9.28 Å². The van der Waals surface area contributed by atoms with E-state index >= 15 is 0 Å². The van der Waals surface area contributed by atoms with E-state index in [-0.39, 0.29) is 35.7 Å². The summed E-state index contributed by atoms with van der Waals surface area (Å²) in [5, 5.41) is 19.1. The molecule has 0 spiro atoms. The molecule has 1 unspecified atom stereocenters. The number of piperazine rings is 1. The van der Waals surface area contributed by atoms with Crippen molar-refractivity contribution < 1.29 is 24.3 Å². The van der Waals surface area contributed by atoms with E-state index in [0.717, 1.165) is 0 Å². The molecule has 178 valence electrons. The van der Waals surface area contributed by atoms with Gasteiger partial charge in [-0.2, -0.15) is 0 Å². The summed E-state index contributed by atoms with van der Waals surface area (Å²) in [6.45, 7) is 1.19. The number of amidine groups is 1. The number of nitrogens with zero attached hydrogens (tertiary/aromatic N) is 2. The van der Waals surface area contributed by atoms with Crippen molar-refractivity contribution in [3.63, 3.8) is 0 Å². The first kappa shape index (κ1) is 24.6. The molecule has 0 radical (unpaired) electrons. The summed E-state index contributed by atoms with van der Waals surface area (Å²) in [7, 11) is 0. The zero-order chi connectivity index (χ0) is 24.7. The van der Waals surface area contributed by atoms with Crippen LogP contribution in [0, 0.1) is 5.41 Å². The summed E-state index contributed by atoms with van der Waals surface area (Å²) >= 11 is 0. The molecule has 5 N–H and O–H groups in total. The molecule has 0 aromatic heterocycles. The summed E-state index contributed by atoms with van der Waals surface area (Å²) < 4.78 is -0.174. The summed E-state index contributed by atoms with van der Waals surface area (Å²) in [6.07, 6.45) is 0.226. The van der Waals surface area contributed by atoms with Gasteiger partial charge >= 0.3 is 17.8 Å². The lowest BCUT2D eigenvalue weighted by Crippen LogP contribution is -2.67. The first-order valence-electron chi connectivity index (χ1n) is 11.0. The number of carbonyl (C=O) groups is 4. The number of amides is 3. The largest absolute Gasteiger partial charge is 0.481 e. The van der Waals surface area contributed by atoms with Crippen molar-refractivity contribution in [1.29, 1.82) is 5.41 Å². The van der Waals surface area contributed by atoms with Gasteiger partial charge in [0.2, 0.25) is 0 Å². The van der Waals surface area contributed by atoms with Crippen molar-refractivity contribution in [2.45, 2.75) is 12.8 Å². The molecule has 10 heteroatoms. The minimum absolute atomic E-state index is 0.00677. The van der Waals surface area contributed by atoms with Crippen LogP contribution < -0.4 is 15.5 Å². The number of nitrogens with one attached hydrogen (secondary N) is 2. The minimum Gasteiger partial charge on any atom is -0.481 e. The third-order valence-corrected chi connectivity index (χ3v) is 5.92. The molecule has 0 saturated carbocycles. The van der Waals surface area contributed by atoms with Gasteiger partial charge in [0.25, 0.3) is 5.91 Å². The maximum Gasteiger partial charge on any atom is 0.408 e. The van der Waals surface area contributed by atoms with Crippen LogP contribution in [0.4, 0.5) is 5.69 Å². The van der Waals surface area contributed by atoms with E-state index in [1.807, 2.05) is 6.07 Å². The van der Waals surface area contributed by atoms with Gasteiger partial charge in [-0.05, 0) is 24.3 Å². The number of rotatable bonds is 10. The second kappa shape index (κ2) is 10.7. The molecule has 0 aliphatic carbocycles. The van der Waals surface area contributed by atoms with Crippen molar-refractivity contribution in [3.05, 3.63) is 65.7 Å². The summed E-state index contributed by atoms with van der Waals surface area (Å²) in [6, 6.07) is 15.4. The van der Waals surface area contributed by atoms with Crippen molar-refractivity contribution >= 4 is 35.2 Å². The third-order valence-electron chi connectivity index (χ3n) is 5.92. The molecule has 1 atom stereocenters. The van der Waals surface area contributed by atoms with Crippen molar-refractivity contribution in [1.82, 2.24) is 14.7 Å². The molecule has 1 aliphatic heterocycles. The Labute approximate surface area is 197 Å². The highest BCUT2D eigenvalue weighted by Gasteiger charge is 2.49. The summed E-state index contributed by atoms with van der Waals surface area (Å²) in [5.74, 6) is -2.69. The van der Waals surface area contributed by atoms with Gasteiger partial charge < -0.3 is 21.1 Å². The standard InChI is InChI=1S/C24H27N5O5/c25-21(26)17-7-9-18(10-8-17)22(32)27-12-4-15-29(19-5-2-1-3-6-19)16-14-28(13-11-20(30)31)23(33)24(29)34/h1-3,5-10H,4,11-16H2,(H4-,25,26,27,30,31,32)/p+1. The van der Waals surface area contributed by atoms with Gasteiger partial charge in [0.1, 0.15) is 18.1 Å². The Balaban J connectivity index is 1.66. The van der Waals surface area contributed by atoms with Crippen LogP contribution in [0.2, 0.25) is 0 Å². The molecule has 3 amide bonds. The molecule has 1 heterocycles. The number of aliphatic carboxylic acids is 1. The molecule has 1 fully saturated rings. The van der Waals surface area contributed by atoms with Crippen LogP contribution >= 0.6 is 0 Å². The maximum atomic E-state index is 13.3. The highest BCUT2D eigenvalue weighted by Crippen LogP contribution is 2.27. The molecular formula is C24H28N5O5+. The lowest BCUT2D eigenvalue weighted by atomic mass is 10.1. The molecule has 2 aromatic rings. The van der Waals surface area contributed by atoms with Crippen LogP contribution in [0.3, 0.4) is 0 Å². The minimum atomic E-state index is -1.03. The Hall–Kier alpha value is -4.05. The second-order valence-corrected chi connectivity index (χ2v) is 8.09. The van der Waals surface area contributed by atoms with Gasteiger partial charge in [0, 0.05) is 30.6 Å². The SMILES string of the molecule is N=C(N)c1ccc(C(=O)NCCC[N+]2(c3ccccc3)CCN(CCC(=O)O)C(=O)C2=O)cc1. The van der Waals surface area contributed by atoms with Gasteiger partial charge in [0.05, 0.1) is 19.5 Å². The van der Waals surface area contributed by atoms with Crippen molar-refractivity contribution in [2.75, 3.05) is 32.7 Å². The van der Waals surface area contributed by atoms with Gasteiger partial charge in [-0.15, -0.1) is 0 Å². The number of hydrogen-bond donors (Lipinski definition) is 4. The quantitative estimate of drug-likeness (QED) is 0.134. The number of benzene rings is 2. The number of nitrogens with two attached hydrogens (primary N) is 1. The smallest absolute Gasteiger partial charge is 0.408 e. The predicted molar refractivity (Wildman–Crippen MR) is 126 cm³/mol. The average molecular weight is 467 g/mol. The number of carbonyl (C=O) groups excluding carboxylic acids is 3. The average Bonchev–Trinajstić information content (AvgIpc) is 2.84. The highest BCUT2D eigenvalue weighted by atomic mass is 16.4. The normalized spacial score (nSPS) is 17.9. The van der Waals surface area contributed by atoms with Gasteiger partial charge in [-0.3, -0.25) is 19.8 Å². The molecule has 0 bridgehead atoms. The fourth-order valence-electron chi connectivity index (χ4n) is 4.01. The number of para-hydroxylation sites is 1. The summed E-state index contributed by atoms with van der Waals surface area (Å²) in [5.41, 5.74) is 7.07. The Kier molecular flexibility index (Phi) is 7.75. The van der Waals surface area contributed by atoms with E-state index in [1.165, 1.54) is 4.90 Å². The van der Waals surface area contributed by atoms with Gasteiger partial charge in [0.15, 0.2) is 0 Å². The van der Waals surface area contributed by atoms with E-state index in [4.69, 9.17) is 16.2 Å². The Morgan fingerprint density at radius 2 is 1.71 bits per heavy atom. The lowest BCUT2D eigenvalue weighted by Gasteiger charge is -2.41. The third kappa shape index (κ3) is 5.46.